The summed E-state index contributed by atoms with van der Waals surface area (Å²) in [7, 11) is 0. The Morgan fingerprint density at radius 2 is 1.89 bits per heavy atom. The maximum absolute atomic E-state index is 5.93. The summed E-state index contributed by atoms with van der Waals surface area (Å²) < 4.78 is 2.02. The number of rotatable bonds is 3. The molecule has 0 unspecified atom stereocenters. The summed E-state index contributed by atoms with van der Waals surface area (Å²) in [6.07, 6.45) is 7.81. The molecule has 0 amide bonds. The lowest BCUT2D eigenvalue weighted by Crippen LogP contribution is -2.39. The van der Waals surface area contributed by atoms with E-state index in [1.54, 1.807) is 6.20 Å². The monoisotopic (exact) mass is 256 g/mol. The van der Waals surface area contributed by atoms with Gasteiger partial charge in [0.05, 0.1) is 6.33 Å². The van der Waals surface area contributed by atoms with E-state index in [4.69, 9.17) is 5.73 Å². The van der Waals surface area contributed by atoms with Crippen molar-refractivity contribution in [2.75, 3.05) is 13.1 Å². The molecule has 0 bridgehead atoms. The molecule has 2 heterocycles. The number of nitrogens with zero attached hydrogens (tertiary/aromatic N) is 3. The van der Waals surface area contributed by atoms with E-state index in [-0.39, 0.29) is 0 Å². The largest absolute Gasteiger partial charge is 0.328 e. The Kier molecular flexibility index (Phi) is 3.62. The van der Waals surface area contributed by atoms with Gasteiger partial charge in [-0.05, 0) is 43.6 Å². The van der Waals surface area contributed by atoms with Crippen molar-refractivity contribution in [3.63, 3.8) is 0 Å². The minimum absolute atomic E-state index is 0.403. The Bertz CT molecular complexity index is 495. The third-order valence-electron chi connectivity index (χ3n) is 3.78. The van der Waals surface area contributed by atoms with Crippen LogP contribution in [0.5, 0.6) is 0 Å². The van der Waals surface area contributed by atoms with E-state index in [2.05, 4.69) is 34.1 Å². The number of nitrogens with two attached hydrogens (primary N) is 1. The highest BCUT2D eigenvalue weighted by atomic mass is 15.1. The lowest BCUT2D eigenvalue weighted by Gasteiger charge is -2.30. The Labute approximate surface area is 113 Å². The van der Waals surface area contributed by atoms with Crippen LogP contribution in [0.1, 0.15) is 18.4 Å². The average molecular weight is 256 g/mol. The van der Waals surface area contributed by atoms with Gasteiger partial charge in [0.25, 0.3) is 0 Å². The molecular weight excluding hydrogens is 236 g/mol. The summed E-state index contributed by atoms with van der Waals surface area (Å²) in [5.41, 5.74) is 8.44. The highest BCUT2D eigenvalue weighted by Gasteiger charge is 2.15. The maximum Gasteiger partial charge on any atom is 0.0991 e. The maximum atomic E-state index is 5.93. The molecule has 1 aliphatic heterocycles. The zero-order chi connectivity index (χ0) is 13.1. The molecule has 1 aromatic heterocycles. The smallest absolute Gasteiger partial charge is 0.0991 e. The molecule has 2 N–H and O–H groups in total. The Morgan fingerprint density at radius 3 is 2.53 bits per heavy atom. The molecule has 1 aromatic carbocycles. The van der Waals surface area contributed by atoms with Gasteiger partial charge >= 0.3 is 0 Å². The molecule has 1 fully saturated rings. The zero-order valence-corrected chi connectivity index (χ0v) is 11.1. The molecule has 0 atom stereocenters. The van der Waals surface area contributed by atoms with E-state index in [0.29, 0.717) is 6.04 Å². The quantitative estimate of drug-likeness (QED) is 0.911. The van der Waals surface area contributed by atoms with Crippen molar-refractivity contribution in [1.29, 1.82) is 0 Å². The molecule has 1 aliphatic rings. The zero-order valence-electron chi connectivity index (χ0n) is 11.1. The van der Waals surface area contributed by atoms with Gasteiger partial charge in [0, 0.05) is 30.7 Å². The standard InChI is InChI=1S/C15H20N4/c16-14-5-8-18(9-6-14)11-13-1-3-15(4-2-13)19-10-7-17-12-19/h1-4,7,10,12,14H,5-6,8-9,11,16H2. The first-order valence-corrected chi connectivity index (χ1v) is 6.86. The van der Waals surface area contributed by atoms with Crippen molar-refractivity contribution in [1.82, 2.24) is 14.5 Å². The Morgan fingerprint density at radius 1 is 1.16 bits per heavy atom. The van der Waals surface area contributed by atoms with Gasteiger partial charge in [-0.25, -0.2) is 4.98 Å². The van der Waals surface area contributed by atoms with Crippen molar-refractivity contribution in [3.05, 3.63) is 48.5 Å². The number of piperidine rings is 1. The van der Waals surface area contributed by atoms with E-state index >= 15 is 0 Å². The molecule has 19 heavy (non-hydrogen) atoms. The Balaban J connectivity index is 1.63. The van der Waals surface area contributed by atoms with Crippen LogP contribution in [-0.4, -0.2) is 33.6 Å². The topological polar surface area (TPSA) is 47.1 Å². The van der Waals surface area contributed by atoms with Crippen LogP contribution in [-0.2, 0) is 6.54 Å². The highest BCUT2D eigenvalue weighted by molar-refractivity contribution is 5.34. The fourth-order valence-electron chi connectivity index (χ4n) is 2.55. The molecule has 3 rings (SSSR count). The summed E-state index contributed by atoms with van der Waals surface area (Å²) in [4.78, 5) is 6.55. The molecule has 0 aliphatic carbocycles. The van der Waals surface area contributed by atoms with Crippen LogP contribution in [0.25, 0.3) is 5.69 Å². The van der Waals surface area contributed by atoms with E-state index in [0.717, 1.165) is 38.2 Å². The molecule has 2 aromatic rings. The second kappa shape index (κ2) is 5.55. The van der Waals surface area contributed by atoms with Crippen LogP contribution in [0.2, 0.25) is 0 Å². The number of benzene rings is 1. The van der Waals surface area contributed by atoms with Crippen molar-refractivity contribution < 1.29 is 0 Å². The van der Waals surface area contributed by atoms with E-state index in [9.17, 15) is 0 Å². The van der Waals surface area contributed by atoms with Crippen LogP contribution in [0.3, 0.4) is 0 Å². The average Bonchev–Trinajstić information content (AvgIpc) is 2.96. The number of hydrogen-bond acceptors (Lipinski definition) is 3. The fourth-order valence-corrected chi connectivity index (χ4v) is 2.55. The first-order chi connectivity index (χ1) is 9.31. The molecule has 0 radical (unpaired) electrons. The molecule has 100 valence electrons. The normalized spacial score (nSPS) is 17.7. The van der Waals surface area contributed by atoms with Crippen LogP contribution >= 0.6 is 0 Å². The third kappa shape index (κ3) is 3.03. The first-order valence-electron chi connectivity index (χ1n) is 6.86. The second-order valence-corrected chi connectivity index (χ2v) is 5.25. The Hall–Kier alpha value is -1.65. The second-order valence-electron chi connectivity index (χ2n) is 5.25. The van der Waals surface area contributed by atoms with Crippen molar-refractivity contribution in [3.8, 4) is 5.69 Å². The van der Waals surface area contributed by atoms with Crippen molar-refractivity contribution >= 4 is 0 Å². The van der Waals surface area contributed by atoms with Crippen molar-refractivity contribution in [2.45, 2.75) is 25.4 Å². The minimum Gasteiger partial charge on any atom is -0.328 e. The summed E-state index contributed by atoms with van der Waals surface area (Å²) in [5, 5.41) is 0. The van der Waals surface area contributed by atoms with Crippen LogP contribution in [0, 0.1) is 0 Å². The van der Waals surface area contributed by atoms with Gasteiger partial charge < -0.3 is 10.3 Å². The summed E-state index contributed by atoms with van der Waals surface area (Å²) in [6.45, 7) is 3.26. The van der Waals surface area contributed by atoms with Gasteiger partial charge in [-0.2, -0.15) is 0 Å². The predicted octanol–water partition coefficient (Wildman–Crippen LogP) is 1.80. The van der Waals surface area contributed by atoms with Crippen molar-refractivity contribution in [2.24, 2.45) is 5.73 Å². The van der Waals surface area contributed by atoms with Gasteiger partial charge in [-0.1, -0.05) is 12.1 Å². The summed E-state index contributed by atoms with van der Waals surface area (Å²) in [6, 6.07) is 9.09. The summed E-state index contributed by atoms with van der Waals surface area (Å²) >= 11 is 0. The van der Waals surface area contributed by atoms with Crippen LogP contribution < -0.4 is 5.73 Å². The number of hydrogen-bond donors (Lipinski definition) is 1. The fraction of sp³-hybridized carbons (Fsp3) is 0.400. The molecule has 0 saturated carbocycles. The number of likely N-dealkylation sites (tertiary alicyclic amines) is 1. The molecule has 4 nitrogen and oxygen atoms in total. The lowest BCUT2D eigenvalue weighted by atomic mass is 10.1. The molecular formula is C15H20N4. The molecule has 4 heteroatoms. The van der Waals surface area contributed by atoms with Crippen LogP contribution in [0.4, 0.5) is 0 Å². The SMILES string of the molecule is NC1CCN(Cc2ccc(-n3ccnc3)cc2)CC1. The van der Waals surface area contributed by atoms with E-state index < -0.39 is 0 Å². The minimum atomic E-state index is 0.403. The molecule has 0 spiro atoms. The van der Waals surface area contributed by atoms with Gasteiger partial charge in [-0.15, -0.1) is 0 Å². The number of imidazole rings is 1. The van der Waals surface area contributed by atoms with E-state index in [1.807, 2.05) is 17.1 Å². The third-order valence-corrected chi connectivity index (χ3v) is 3.78. The van der Waals surface area contributed by atoms with Crippen LogP contribution in [0.15, 0.2) is 43.0 Å². The number of aromatic nitrogens is 2. The lowest BCUT2D eigenvalue weighted by molar-refractivity contribution is 0.205. The van der Waals surface area contributed by atoms with Gasteiger partial charge in [0.1, 0.15) is 0 Å². The van der Waals surface area contributed by atoms with Gasteiger partial charge in [-0.3, -0.25) is 4.90 Å². The van der Waals surface area contributed by atoms with Gasteiger partial charge in [0.2, 0.25) is 0 Å². The molecule has 1 saturated heterocycles. The van der Waals surface area contributed by atoms with Gasteiger partial charge in [0.15, 0.2) is 0 Å². The van der Waals surface area contributed by atoms with E-state index in [1.165, 1.54) is 5.56 Å². The summed E-state index contributed by atoms with van der Waals surface area (Å²) in [5.74, 6) is 0. The first kappa shape index (κ1) is 12.4. The predicted molar refractivity (Wildman–Crippen MR) is 76.1 cm³/mol. The highest BCUT2D eigenvalue weighted by Crippen LogP contribution is 2.14.